The summed E-state index contributed by atoms with van der Waals surface area (Å²) in [5.74, 6) is -1.89. The number of amides is 2. The summed E-state index contributed by atoms with van der Waals surface area (Å²) in [6.45, 7) is 2.93. The minimum atomic E-state index is -1.11. The van der Waals surface area contributed by atoms with E-state index in [1.165, 1.54) is 18.2 Å². The van der Waals surface area contributed by atoms with Crippen molar-refractivity contribution in [2.75, 3.05) is 11.9 Å². The lowest BCUT2D eigenvalue weighted by Gasteiger charge is -2.02. The van der Waals surface area contributed by atoms with Crippen LogP contribution in [0.15, 0.2) is 71.4 Å². The highest BCUT2D eigenvalue weighted by molar-refractivity contribution is 5.99. The molecule has 2 amide bonds. The number of azo groups is 1. The Morgan fingerprint density at radius 2 is 1.50 bits per heavy atom. The fraction of sp³-hybridized carbons (Fsp3) is 0.0556. The van der Waals surface area contributed by atoms with Gasteiger partial charge in [-0.15, -0.1) is 0 Å². The number of benzene rings is 2. The molecule has 0 bridgehead atoms. The number of carboxylic acids is 1. The number of carbonyl (C=O) groups is 3. The van der Waals surface area contributed by atoms with Crippen LogP contribution >= 0.6 is 0 Å². The molecule has 0 aliphatic rings. The molecule has 0 fully saturated rings. The molecule has 0 aliphatic carbocycles. The largest absolute Gasteiger partial charge is 0.480 e. The molecule has 8 heteroatoms. The maximum Gasteiger partial charge on any atom is 0.322 e. The van der Waals surface area contributed by atoms with E-state index in [1.807, 2.05) is 0 Å². The molecular formula is C18H16N4O4. The molecule has 2 rings (SSSR count). The smallest absolute Gasteiger partial charge is 0.322 e. The number of carbonyl (C=O) groups excluding carboxylic acids is 2. The lowest BCUT2D eigenvalue weighted by molar-refractivity contribution is -0.135. The fourth-order valence-electron chi connectivity index (χ4n) is 1.86. The highest BCUT2D eigenvalue weighted by Gasteiger charge is 2.06. The van der Waals surface area contributed by atoms with Crippen molar-refractivity contribution in [3.63, 3.8) is 0 Å². The van der Waals surface area contributed by atoms with Crippen LogP contribution < -0.4 is 10.6 Å². The van der Waals surface area contributed by atoms with Gasteiger partial charge in [0.25, 0.3) is 5.91 Å². The van der Waals surface area contributed by atoms with Gasteiger partial charge < -0.3 is 15.7 Å². The number of hydrogen-bond acceptors (Lipinski definition) is 5. The topological polar surface area (TPSA) is 120 Å². The molecule has 3 N–H and O–H groups in total. The van der Waals surface area contributed by atoms with Crippen LogP contribution in [0.1, 0.15) is 10.4 Å². The van der Waals surface area contributed by atoms with E-state index >= 15 is 0 Å². The molecule has 2 aromatic carbocycles. The zero-order valence-electron chi connectivity index (χ0n) is 13.7. The first-order valence-electron chi connectivity index (χ1n) is 7.53. The Bertz CT molecular complexity index is 842. The van der Waals surface area contributed by atoms with E-state index in [1.54, 1.807) is 36.4 Å². The van der Waals surface area contributed by atoms with Crippen molar-refractivity contribution in [1.29, 1.82) is 0 Å². The summed E-state index contributed by atoms with van der Waals surface area (Å²) in [6, 6.07) is 13.0. The monoisotopic (exact) mass is 352 g/mol. The van der Waals surface area contributed by atoms with E-state index in [0.717, 1.165) is 0 Å². The van der Waals surface area contributed by atoms with Gasteiger partial charge >= 0.3 is 5.97 Å². The van der Waals surface area contributed by atoms with Crippen LogP contribution in [0.5, 0.6) is 0 Å². The molecule has 0 spiro atoms. The predicted octanol–water partition coefficient (Wildman–Crippen LogP) is 3.04. The number of nitrogens with zero attached hydrogens (tertiary/aromatic N) is 2. The zero-order valence-corrected chi connectivity index (χ0v) is 13.7. The van der Waals surface area contributed by atoms with Crippen molar-refractivity contribution in [2.45, 2.75) is 0 Å². The summed E-state index contributed by atoms with van der Waals surface area (Å²) < 4.78 is 0. The standard InChI is InChI=1S/C18H16N4O4/c1-2-16(23)20-13-7-9-15(10-8-13)22-21-14-5-3-12(4-6-14)18(26)19-11-17(24)25/h2-10H,1,11H2,(H,19,26)(H,20,23)(H,24,25). The van der Waals surface area contributed by atoms with E-state index in [0.29, 0.717) is 22.6 Å². The first kappa shape index (κ1) is 18.5. The van der Waals surface area contributed by atoms with Gasteiger partial charge in [0.05, 0.1) is 11.4 Å². The molecule has 0 saturated heterocycles. The lowest BCUT2D eigenvalue weighted by atomic mass is 10.2. The Kier molecular flexibility index (Phi) is 6.33. The molecule has 0 atom stereocenters. The third kappa shape index (κ3) is 5.68. The van der Waals surface area contributed by atoms with Gasteiger partial charge in [-0.25, -0.2) is 0 Å². The van der Waals surface area contributed by atoms with E-state index in [4.69, 9.17) is 5.11 Å². The molecule has 8 nitrogen and oxygen atoms in total. The van der Waals surface area contributed by atoms with Crippen LogP contribution in [0.2, 0.25) is 0 Å². The molecule has 0 aromatic heterocycles. The molecular weight excluding hydrogens is 336 g/mol. The third-order valence-electron chi connectivity index (χ3n) is 3.13. The van der Waals surface area contributed by atoms with Crippen molar-refractivity contribution in [3.8, 4) is 0 Å². The summed E-state index contributed by atoms with van der Waals surface area (Å²) in [6.07, 6.45) is 1.18. The Hall–Kier alpha value is -3.81. The Morgan fingerprint density at radius 3 is 2.00 bits per heavy atom. The lowest BCUT2D eigenvalue weighted by Crippen LogP contribution is -2.29. The summed E-state index contributed by atoms with van der Waals surface area (Å²) in [4.78, 5) is 33.3. The molecule has 132 valence electrons. The normalized spacial score (nSPS) is 10.3. The van der Waals surface area contributed by atoms with Crippen molar-refractivity contribution in [1.82, 2.24) is 5.32 Å². The van der Waals surface area contributed by atoms with Crippen LogP contribution in [0.25, 0.3) is 0 Å². The quantitative estimate of drug-likeness (QED) is 0.524. The van der Waals surface area contributed by atoms with Gasteiger partial charge in [0.2, 0.25) is 5.91 Å². The second-order valence-electron chi connectivity index (χ2n) is 5.06. The van der Waals surface area contributed by atoms with E-state index in [2.05, 4.69) is 27.4 Å². The van der Waals surface area contributed by atoms with E-state index in [-0.39, 0.29) is 5.91 Å². The zero-order chi connectivity index (χ0) is 18.9. The van der Waals surface area contributed by atoms with Crippen LogP contribution in [-0.2, 0) is 9.59 Å². The average molecular weight is 352 g/mol. The SMILES string of the molecule is C=CC(=O)Nc1ccc(N=Nc2ccc(C(=O)NCC(=O)O)cc2)cc1. The fourth-order valence-corrected chi connectivity index (χ4v) is 1.86. The molecule has 0 radical (unpaired) electrons. The number of hydrogen-bond donors (Lipinski definition) is 3. The Labute approximate surface area is 149 Å². The molecule has 0 saturated carbocycles. The minimum Gasteiger partial charge on any atom is -0.480 e. The van der Waals surface area contributed by atoms with E-state index in [9.17, 15) is 14.4 Å². The van der Waals surface area contributed by atoms with Gasteiger partial charge in [-0.05, 0) is 54.6 Å². The maximum absolute atomic E-state index is 11.7. The van der Waals surface area contributed by atoms with Crippen molar-refractivity contribution in [3.05, 3.63) is 66.7 Å². The average Bonchev–Trinajstić information content (AvgIpc) is 2.65. The molecule has 26 heavy (non-hydrogen) atoms. The first-order valence-corrected chi connectivity index (χ1v) is 7.53. The van der Waals surface area contributed by atoms with Crippen LogP contribution in [-0.4, -0.2) is 29.4 Å². The number of aliphatic carboxylic acids is 1. The van der Waals surface area contributed by atoms with Gasteiger partial charge in [0.1, 0.15) is 6.54 Å². The molecule has 2 aromatic rings. The highest BCUT2D eigenvalue weighted by atomic mass is 16.4. The third-order valence-corrected chi connectivity index (χ3v) is 3.13. The summed E-state index contributed by atoms with van der Waals surface area (Å²) >= 11 is 0. The van der Waals surface area contributed by atoms with Crippen molar-refractivity contribution < 1.29 is 19.5 Å². The second kappa shape index (κ2) is 8.88. The van der Waals surface area contributed by atoms with Crippen LogP contribution in [0.3, 0.4) is 0 Å². The van der Waals surface area contributed by atoms with Crippen LogP contribution in [0.4, 0.5) is 17.1 Å². The van der Waals surface area contributed by atoms with Gasteiger partial charge in [-0.3, -0.25) is 14.4 Å². The van der Waals surface area contributed by atoms with Gasteiger partial charge in [-0.1, -0.05) is 6.58 Å². The number of anilines is 1. The Morgan fingerprint density at radius 1 is 0.962 bits per heavy atom. The molecule has 0 aliphatic heterocycles. The highest BCUT2D eigenvalue weighted by Crippen LogP contribution is 2.20. The first-order chi connectivity index (χ1) is 12.5. The van der Waals surface area contributed by atoms with Gasteiger partial charge in [0.15, 0.2) is 0 Å². The van der Waals surface area contributed by atoms with Crippen LogP contribution in [0, 0.1) is 0 Å². The number of carboxylic acid groups (broad SMARTS) is 1. The van der Waals surface area contributed by atoms with E-state index < -0.39 is 18.4 Å². The second-order valence-corrected chi connectivity index (χ2v) is 5.06. The van der Waals surface area contributed by atoms with Crippen molar-refractivity contribution in [2.24, 2.45) is 10.2 Å². The molecule has 0 unspecified atom stereocenters. The van der Waals surface area contributed by atoms with Gasteiger partial charge in [0, 0.05) is 11.3 Å². The predicted molar refractivity (Wildman–Crippen MR) is 95.9 cm³/mol. The van der Waals surface area contributed by atoms with Gasteiger partial charge in [-0.2, -0.15) is 10.2 Å². The summed E-state index contributed by atoms with van der Waals surface area (Å²) in [7, 11) is 0. The minimum absolute atomic E-state index is 0.299. The molecule has 0 heterocycles. The summed E-state index contributed by atoms with van der Waals surface area (Å²) in [5, 5.41) is 21.5. The van der Waals surface area contributed by atoms with Crippen molar-refractivity contribution >= 4 is 34.8 Å². The Balaban J connectivity index is 1.97. The maximum atomic E-state index is 11.7. The summed E-state index contributed by atoms with van der Waals surface area (Å²) in [5.41, 5.74) is 2.06. The number of rotatable bonds is 7. The number of nitrogens with one attached hydrogen (secondary N) is 2.